The lowest BCUT2D eigenvalue weighted by Crippen LogP contribution is -2.12. The molecule has 0 aliphatic carbocycles. The van der Waals surface area contributed by atoms with Crippen LogP contribution in [0, 0.1) is 0 Å². The van der Waals surface area contributed by atoms with Crippen LogP contribution in [0.1, 0.15) is 18.8 Å². The van der Waals surface area contributed by atoms with E-state index in [1.807, 2.05) is 0 Å². The second kappa shape index (κ2) is 3.85. The Labute approximate surface area is 91.9 Å². The number of rotatable bonds is 2. The van der Waals surface area contributed by atoms with Gasteiger partial charge in [-0.25, -0.2) is 0 Å². The number of benzene rings is 1. The lowest BCUT2D eigenvalue weighted by Gasteiger charge is -2.09. The summed E-state index contributed by atoms with van der Waals surface area (Å²) in [6.07, 6.45) is -1.86. The molecule has 15 heavy (non-hydrogen) atoms. The summed E-state index contributed by atoms with van der Waals surface area (Å²) in [4.78, 5) is 0. The van der Waals surface area contributed by atoms with Crippen LogP contribution in [0.25, 0.3) is 11.0 Å². The summed E-state index contributed by atoms with van der Waals surface area (Å²) >= 11 is 5.82. The molecule has 0 fully saturated rings. The molecule has 0 radical (unpaired) electrons. The quantitative estimate of drug-likeness (QED) is 0.827. The fourth-order valence-electron chi connectivity index (χ4n) is 1.42. The molecule has 2 N–H and O–H groups in total. The average molecular weight is 227 g/mol. The first-order chi connectivity index (χ1) is 7.08. The van der Waals surface area contributed by atoms with E-state index < -0.39 is 12.2 Å². The van der Waals surface area contributed by atoms with Crippen LogP contribution >= 0.6 is 11.6 Å². The van der Waals surface area contributed by atoms with Crippen molar-refractivity contribution in [3.8, 4) is 0 Å². The molecule has 2 unspecified atom stereocenters. The normalized spacial score (nSPS) is 15.5. The van der Waals surface area contributed by atoms with Crippen LogP contribution in [0.15, 0.2) is 28.7 Å². The van der Waals surface area contributed by atoms with E-state index in [1.165, 1.54) is 6.92 Å². The second-order valence-corrected chi connectivity index (χ2v) is 3.95. The minimum absolute atomic E-state index is 0.349. The van der Waals surface area contributed by atoms with Gasteiger partial charge in [0.25, 0.3) is 0 Å². The third-order valence-corrected chi connectivity index (χ3v) is 2.48. The van der Waals surface area contributed by atoms with Crippen molar-refractivity contribution >= 4 is 22.6 Å². The Bertz CT molecular complexity index is 476. The van der Waals surface area contributed by atoms with Gasteiger partial charge in [0.2, 0.25) is 0 Å². The van der Waals surface area contributed by atoms with E-state index in [0.717, 1.165) is 5.39 Å². The van der Waals surface area contributed by atoms with Gasteiger partial charge >= 0.3 is 0 Å². The molecule has 0 saturated heterocycles. The molecule has 0 bridgehead atoms. The number of hydrogen-bond acceptors (Lipinski definition) is 3. The summed E-state index contributed by atoms with van der Waals surface area (Å²) < 4.78 is 5.38. The lowest BCUT2D eigenvalue weighted by atomic mass is 10.1. The summed E-state index contributed by atoms with van der Waals surface area (Å²) in [6.45, 7) is 1.50. The second-order valence-electron chi connectivity index (χ2n) is 3.52. The largest absolute Gasteiger partial charge is 0.458 e. The van der Waals surface area contributed by atoms with Crippen LogP contribution in [-0.4, -0.2) is 16.3 Å². The van der Waals surface area contributed by atoms with Crippen molar-refractivity contribution in [2.75, 3.05) is 0 Å². The molecule has 80 valence electrons. The highest BCUT2D eigenvalue weighted by Gasteiger charge is 2.18. The third-order valence-electron chi connectivity index (χ3n) is 2.25. The van der Waals surface area contributed by atoms with Crippen molar-refractivity contribution in [2.45, 2.75) is 19.1 Å². The minimum Gasteiger partial charge on any atom is -0.458 e. The fraction of sp³-hybridized carbons (Fsp3) is 0.273. The van der Waals surface area contributed by atoms with E-state index >= 15 is 0 Å². The van der Waals surface area contributed by atoms with Crippen molar-refractivity contribution in [3.05, 3.63) is 35.0 Å². The number of aliphatic hydroxyl groups is 2. The molecule has 0 amide bonds. The Balaban J connectivity index is 2.47. The molecule has 4 heteroatoms. The molecular weight excluding hydrogens is 216 g/mol. The Hall–Kier alpha value is -1.03. The van der Waals surface area contributed by atoms with Crippen LogP contribution in [0.4, 0.5) is 0 Å². The van der Waals surface area contributed by atoms with Gasteiger partial charge in [0.1, 0.15) is 17.4 Å². The molecule has 1 aromatic carbocycles. The van der Waals surface area contributed by atoms with Crippen molar-refractivity contribution < 1.29 is 14.6 Å². The van der Waals surface area contributed by atoms with Crippen LogP contribution < -0.4 is 0 Å². The van der Waals surface area contributed by atoms with E-state index in [9.17, 15) is 10.2 Å². The van der Waals surface area contributed by atoms with E-state index in [4.69, 9.17) is 16.0 Å². The molecule has 0 aliphatic heterocycles. The van der Waals surface area contributed by atoms with Gasteiger partial charge in [-0.1, -0.05) is 11.6 Å². The fourth-order valence-corrected chi connectivity index (χ4v) is 1.60. The molecule has 1 heterocycles. The van der Waals surface area contributed by atoms with Gasteiger partial charge in [0.15, 0.2) is 0 Å². The van der Waals surface area contributed by atoms with Gasteiger partial charge in [0.05, 0.1) is 6.10 Å². The van der Waals surface area contributed by atoms with Crippen LogP contribution in [0.2, 0.25) is 5.02 Å². The molecule has 0 saturated carbocycles. The SMILES string of the molecule is CC(O)C(O)c1cc2cc(Cl)ccc2o1. The van der Waals surface area contributed by atoms with Crippen LogP contribution in [-0.2, 0) is 0 Å². The Morgan fingerprint density at radius 3 is 2.67 bits per heavy atom. The van der Waals surface area contributed by atoms with Gasteiger partial charge in [0, 0.05) is 10.4 Å². The molecular formula is C11H11ClO3. The summed E-state index contributed by atoms with van der Waals surface area (Å²) in [7, 11) is 0. The first kappa shape index (κ1) is 10.5. The molecule has 3 nitrogen and oxygen atoms in total. The zero-order valence-corrected chi connectivity index (χ0v) is 8.90. The number of fused-ring (bicyclic) bond motifs is 1. The predicted molar refractivity (Wildman–Crippen MR) is 57.9 cm³/mol. The topological polar surface area (TPSA) is 53.6 Å². The summed E-state index contributed by atoms with van der Waals surface area (Å²) in [5, 5.41) is 20.2. The standard InChI is InChI=1S/C11H11ClO3/c1-6(13)11(14)10-5-7-4-8(12)2-3-9(7)15-10/h2-6,11,13-14H,1H3. The van der Waals surface area contributed by atoms with Gasteiger partial charge in [-0.2, -0.15) is 0 Å². The highest BCUT2D eigenvalue weighted by molar-refractivity contribution is 6.31. The van der Waals surface area contributed by atoms with Gasteiger partial charge in [-0.15, -0.1) is 0 Å². The van der Waals surface area contributed by atoms with E-state index in [1.54, 1.807) is 24.3 Å². The highest BCUT2D eigenvalue weighted by Crippen LogP contribution is 2.27. The molecule has 1 aromatic heterocycles. The smallest absolute Gasteiger partial charge is 0.137 e. The summed E-state index contributed by atoms with van der Waals surface area (Å²) in [5.41, 5.74) is 0.647. The lowest BCUT2D eigenvalue weighted by molar-refractivity contribution is 0.0178. The number of hydrogen-bond donors (Lipinski definition) is 2. The third kappa shape index (κ3) is 2.00. The van der Waals surface area contributed by atoms with Crippen molar-refractivity contribution in [1.29, 1.82) is 0 Å². The van der Waals surface area contributed by atoms with E-state index in [0.29, 0.717) is 16.4 Å². The number of furan rings is 1. The predicted octanol–water partition coefficient (Wildman–Crippen LogP) is 2.50. The minimum atomic E-state index is -1.00. The zero-order chi connectivity index (χ0) is 11.0. The van der Waals surface area contributed by atoms with Crippen molar-refractivity contribution in [3.63, 3.8) is 0 Å². The maximum absolute atomic E-state index is 9.59. The summed E-state index contributed by atoms with van der Waals surface area (Å²) in [5.74, 6) is 0.349. The number of halogens is 1. The van der Waals surface area contributed by atoms with Crippen molar-refractivity contribution in [2.24, 2.45) is 0 Å². The Kier molecular flexibility index (Phi) is 2.69. The monoisotopic (exact) mass is 226 g/mol. The zero-order valence-electron chi connectivity index (χ0n) is 8.14. The molecule has 2 atom stereocenters. The first-order valence-electron chi connectivity index (χ1n) is 4.63. The first-order valence-corrected chi connectivity index (χ1v) is 5.01. The molecule has 2 rings (SSSR count). The highest BCUT2D eigenvalue weighted by atomic mass is 35.5. The molecule has 0 spiro atoms. The molecule has 0 aliphatic rings. The van der Waals surface area contributed by atoms with Crippen LogP contribution in [0.5, 0.6) is 0 Å². The van der Waals surface area contributed by atoms with E-state index in [2.05, 4.69) is 0 Å². The Morgan fingerprint density at radius 1 is 1.27 bits per heavy atom. The van der Waals surface area contributed by atoms with E-state index in [-0.39, 0.29) is 0 Å². The Morgan fingerprint density at radius 2 is 2.00 bits per heavy atom. The number of aliphatic hydroxyl groups excluding tert-OH is 2. The van der Waals surface area contributed by atoms with Gasteiger partial charge in [-0.05, 0) is 31.2 Å². The maximum Gasteiger partial charge on any atom is 0.137 e. The molecule has 2 aromatic rings. The van der Waals surface area contributed by atoms with Crippen LogP contribution in [0.3, 0.4) is 0 Å². The average Bonchev–Trinajstić information content (AvgIpc) is 2.58. The van der Waals surface area contributed by atoms with Gasteiger partial charge < -0.3 is 14.6 Å². The van der Waals surface area contributed by atoms with Gasteiger partial charge in [-0.3, -0.25) is 0 Å². The maximum atomic E-state index is 9.59. The van der Waals surface area contributed by atoms with Crippen molar-refractivity contribution in [1.82, 2.24) is 0 Å². The summed E-state index contributed by atoms with van der Waals surface area (Å²) in [6, 6.07) is 6.87.